The number of nitro benzene ring substituents is 1. The summed E-state index contributed by atoms with van der Waals surface area (Å²) in [5, 5.41) is 15.7. The van der Waals surface area contributed by atoms with E-state index >= 15 is 0 Å². The first-order valence-electron chi connectivity index (χ1n) is 8.96. The fourth-order valence-electron chi connectivity index (χ4n) is 2.36. The Morgan fingerprint density at radius 2 is 1.61 bits per heavy atom. The first kappa shape index (κ1) is 23.0. The molecule has 0 unspecified atom stereocenters. The third-order valence-electron chi connectivity index (χ3n) is 3.85. The number of nitrogens with one attached hydrogen (secondary N) is 2. The molecule has 0 aliphatic rings. The first-order valence-corrected chi connectivity index (χ1v) is 8.96. The number of rotatable bonds is 9. The Labute approximate surface area is 176 Å². The van der Waals surface area contributed by atoms with Crippen molar-refractivity contribution in [3.05, 3.63) is 64.2 Å². The highest BCUT2D eigenvalue weighted by Gasteiger charge is 2.13. The molecule has 0 atom stereocenters. The highest BCUT2D eigenvalue weighted by atomic mass is 16.6. The van der Waals surface area contributed by atoms with Gasteiger partial charge in [-0.2, -0.15) is 0 Å². The van der Waals surface area contributed by atoms with E-state index in [2.05, 4.69) is 15.4 Å². The van der Waals surface area contributed by atoms with Crippen molar-refractivity contribution in [1.82, 2.24) is 0 Å². The van der Waals surface area contributed by atoms with E-state index in [1.54, 1.807) is 0 Å². The van der Waals surface area contributed by atoms with E-state index in [0.717, 1.165) is 0 Å². The summed E-state index contributed by atoms with van der Waals surface area (Å²) in [7, 11) is 1.26. The smallest absolute Gasteiger partial charge is 0.337 e. The normalized spacial score (nSPS) is 9.97. The van der Waals surface area contributed by atoms with Crippen LogP contribution in [0.25, 0.3) is 0 Å². The summed E-state index contributed by atoms with van der Waals surface area (Å²) >= 11 is 0. The Balaban J connectivity index is 1.72. The number of carbonyl (C=O) groups is 4. The quantitative estimate of drug-likeness (QED) is 0.350. The molecule has 11 nitrogen and oxygen atoms in total. The maximum absolute atomic E-state index is 11.9. The van der Waals surface area contributed by atoms with E-state index in [1.807, 2.05) is 0 Å². The average molecular weight is 429 g/mol. The second kappa shape index (κ2) is 11.0. The molecule has 0 radical (unpaired) electrons. The van der Waals surface area contributed by atoms with Gasteiger partial charge in [-0.1, -0.05) is 6.07 Å². The maximum atomic E-state index is 11.9. The van der Waals surface area contributed by atoms with Gasteiger partial charge in [-0.15, -0.1) is 0 Å². The lowest BCUT2D eigenvalue weighted by Crippen LogP contribution is -2.21. The van der Waals surface area contributed by atoms with Crippen LogP contribution in [0.3, 0.4) is 0 Å². The number of esters is 2. The number of hydrogen-bond donors (Lipinski definition) is 2. The van der Waals surface area contributed by atoms with Crippen molar-refractivity contribution in [2.24, 2.45) is 0 Å². The molecule has 0 spiro atoms. The Hall–Kier alpha value is -4.28. The van der Waals surface area contributed by atoms with E-state index in [9.17, 15) is 29.3 Å². The number of carbonyl (C=O) groups excluding carboxylic acids is 4. The van der Waals surface area contributed by atoms with Crippen LogP contribution in [0.2, 0.25) is 0 Å². The fourth-order valence-corrected chi connectivity index (χ4v) is 2.36. The predicted molar refractivity (Wildman–Crippen MR) is 108 cm³/mol. The van der Waals surface area contributed by atoms with Crippen LogP contribution < -0.4 is 10.6 Å². The largest absolute Gasteiger partial charge is 0.465 e. The Bertz CT molecular complexity index is 988. The molecule has 2 N–H and O–H groups in total. The van der Waals surface area contributed by atoms with Gasteiger partial charge in [0, 0.05) is 29.9 Å². The van der Waals surface area contributed by atoms with E-state index in [1.165, 1.54) is 55.6 Å². The van der Waals surface area contributed by atoms with Gasteiger partial charge >= 0.3 is 11.9 Å². The molecule has 2 amide bonds. The Morgan fingerprint density at radius 3 is 2.26 bits per heavy atom. The van der Waals surface area contributed by atoms with E-state index < -0.39 is 35.3 Å². The van der Waals surface area contributed by atoms with Crippen molar-refractivity contribution in [1.29, 1.82) is 0 Å². The fraction of sp³-hybridized carbons (Fsp3) is 0.200. The van der Waals surface area contributed by atoms with Crippen molar-refractivity contribution in [2.45, 2.75) is 12.8 Å². The number of methoxy groups -OCH3 is 1. The number of hydrogen-bond acceptors (Lipinski definition) is 8. The van der Waals surface area contributed by atoms with Gasteiger partial charge in [0.1, 0.15) is 0 Å². The van der Waals surface area contributed by atoms with Crippen LogP contribution in [-0.4, -0.2) is 42.4 Å². The number of benzene rings is 2. The third kappa shape index (κ3) is 7.57. The maximum Gasteiger partial charge on any atom is 0.337 e. The van der Waals surface area contributed by atoms with Crippen LogP contribution in [0, 0.1) is 10.1 Å². The molecule has 162 valence electrons. The zero-order chi connectivity index (χ0) is 22.8. The molecule has 0 aliphatic heterocycles. The topological polar surface area (TPSA) is 154 Å². The number of nitrogens with zero attached hydrogens (tertiary/aromatic N) is 1. The zero-order valence-corrected chi connectivity index (χ0v) is 16.5. The van der Waals surface area contributed by atoms with Gasteiger partial charge < -0.3 is 20.1 Å². The van der Waals surface area contributed by atoms with Gasteiger partial charge in [0.15, 0.2) is 6.61 Å². The minimum atomic E-state index is -0.759. The van der Waals surface area contributed by atoms with E-state index in [0.29, 0.717) is 11.3 Å². The van der Waals surface area contributed by atoms with Crippen LogP contribution in [0.1, 0.15) is 23.2 Å². The molecule has 0 fully saturated rings. The summed E-state index contributed by atoms with van der Waals surface area (Å²) in [6, 6.07) is 11.3. The number of anilines is 2. The number of ether oxygens (including phenoxy) is 2. The molecule has 0 heterocycles. The van der Waals surface area contributed by atoms with Crippen LogP contribution in [-0.2, 0) is 23.9 Å². The van der Waals surface area contributed by atoms with Crippen molar-refractivity contribution >= 4 is 40.8 Å². The lowest BCUT2D eigenvalue weighted by Gasteiger charge is -2.07. The summed E-state index contributed by atoms with van der Waals surface area (Å²) in [6.45, 7) is -0.599. The lowest BCUT2D eigenvalue weighted by atomic mass is 10.2. The highest BCUT2D eigenvalue weighted by molar-refractivity contribution is 5.95. The molecule has 0 saturated heterocycles. The molecule has 0 aliphatic carbocycles. The van der Waals surface area contributed by atoms with Gasteiger partial charge in [-0.3, -0.25) is 24.5 Å². The van der Waals surface area contributed by atoms with Crippen molar-refractivity contribution < 1.29 is 33.6 Å². The number of non-ortho nitro benzene ring substituents is 1. The summed E-state index contributed by atoms with van der Waals surface area (Å²) in [4.78, 5) is 56.9. The Morgan fingerprint density at radius 1 is 0.935 bits per heavy atom. The van der Waals surface area contributed by atoms with Gasteiger partial charge in [-0.25, -0.2) is 4.79 Å². The average Bonchev–Trinajstić information content (AvgIpc) is 2.76. The first-order chi connectivity index (χ1) is 14.8. The van der Waals surface area contributed by atoms with Crippen molar-refractivity contribution in [2.75, 3.05) is 24.4 Å². The Kier molecular flexibility index (Phi) is 8.20. The molecule has 0 bridgehead atoms. The van der Waals surface area contributed by atoms with Crippen LogP contribution in [0.5, 0.6) is 0 Å². The van der Waals surface area contributed by atoms with Crippen LogP contribution >= 0.6 is 0 Å². The summed E-state index contributed by atoms with van der Waals surface area (Å²) in [5.74, 6) is -2.40. The van der Waals surface area contributed by atoms with Gasteiger partial charge in [0.2, 0.25) is 5.91 Å². The zero-order valence-electron chi connectivity index (χ0n) is 16.5. The van der Waals surface area contributed by atoms with Crippen LogP contribution in [0.15, 0.2) is 48.5 Å². The summed E-state index contributed by atoms with van der Waals surface area (Å²) < 4.78 is 9.37. The molecule has 2 aromatic carbocycles. The van der Waals surface area contributed by atoms with Gasteiger partial charge in [0.05, 0.1) is 24.0 Å². The molecule has 0 saturated carbocycles. The molecule has 11 heteroatoms. The summed E-state index contributed by atoms with van der Waals surface area (Å²) in [6.07, 6.45) is -0.430. The van der Waals surface area contributed by atoms with Gasteiger partial charge in [0.25, 0.3) is 11.6 Å². The standard InChI is InChI=1S/C20H19N3O8/c1-30-20(27)13-5-7-14(8-6-13)21-17(24)9-10-19(26)31-12-18(25)22-15-3-2-4-16(11-15)23(28)29/h2-8,11H,9-10,12H2,1H3,(H,21,24)(H,22,25). The van der Waals surface area contributed by atoms with E-state index in [4.69, 9.17) is 4.74 Å². The van der Waals surface area contributed by atoms with Crippen LogP contribution in [0.4, 0.5) is 17.1 Å². The molecule has 31 heavy (non-hydrogen) atoms. The highest BCUT2D eigenvalue weighted by Crippen LogP contribution is 2.17. The molecular weight excluding hydrogens is 410 g/mol. The molecule has 0 aromatic heterocycles. The number of nitro groups is 1. The lowest BCUT2D eigenvalue weighted by molar-refractivity contribution is -0.384. The predicted octanol–water partition coefficient (Wildman–Crippen LogP) is 2.28. The van der Waals surface area contributed by atoms with E-state index in [-0.39, 0.29) is 24.2 Å². The SMILES string of the molecule is COC(=O)c1ccc(NC(=O)CCC(=O)OCC(=O)Nc2cccc([N+](=O)[O-])c2)cc1. The minimum Gasteiger partial charge on any atom is -0.465 e. The molecule has 2 aromatic rings. The third-order valence-corrected chi connectivity index (χ3v) is 3.85. The monoisotopic (exact) mass is 429 g/mol. The second-order valence-electron chi connectivity index (χ2n) is 6.13. The van der Waals surface area contributed by atoms with Crippen molar-refractivity contribution in [3.8, 4) is 0 Å². The molecular formula is C20H19N3O8. The minimum absolute atomic E-state index is 0.177. The summed E-state index contributed by atoms with van der Waals surface area (Å²) in [5.41, 5.74) is 0.753. The second-order valence-corrected chi connectivity index (χ2v) is 6.13. The van der Waals surface area contributed by atoms with Gasteiger partial charge in [-0.05, 0) is 30.3 Å². The molecule has 2 rings (SSSR count). The van der Waals surface area contributed by atoms with Crippen molar-refractivity contribution in [3.63, 3.8) is 0 Å². The number of amides is 2.